The van der Waals surface area contributed by atoms with Crippen molar-refractivity contribution in [3.8, 4) is 27.9 Å². The summed E-state index contributed by atoms with van der Waals surface area (Å²) in [6.07, 6.45) is 0. The predicted octanol–water partition coefficient (Wildman–Crippen LogP) is 14.9. The van der Waals surface area contributed by atoms with Gasteiger partial charge in [0.1, 0.15) is 11.2 Å². The van der Waals surface area contributed by atoms with Gasteiger partial charge in [-0.3, -0.25) is 0 Å². The van der Waals surface area contributed by atoms with Crippen molar-refractivity contribution in [1.29, 1.82) is 0 Å². The summed E-state index contributed by atoms with van der Waals surface area (Å²) in [6.45, 7) is 0. The van der Waals surface area contributed by atoms with Gasteiger partial charge in [-0.25, -0.2) is 0 Å². The molecule has 3 nitrogen and oxygen atoms in total. The van der Waals surface area contributed by atoms with Gasteiger partial charge in [0, 0.05) is 44.3 Å². The van der Waals surface area contributed by atoms with Gasteiger partial charge in [-0.15, -0.1) is 0 Å². The Hall–Kier alpha value is -8.96. The molecule has 0 aliphatic rings. The molecule has 0 bridgehead atoms. The molecule has 0 fully saturated rings. The summed E-state index contributed by atoms with van der Waals surface area (Å²) in [5.74, 6) is 0. The Labute approximate surface area is 408 Å². The summed E-state index contributed by atoms with van der Waals surface area (Å²) in [6, 6.07) is 102. The van der Waals surface area contributed by atoms with Crippen LogP contribution in [-0.4, -0.2) is 12.6 Å². The summed E-state index contributed by atoms with van der Waals surface area (Å²) in [5.41, 5.74) is 13.2. The number of furan rings is 1. The van der Waals surface area contributed by atoms with Crippen molar-refractivity contribution >= 4 is 89.6 Å². The van der Waals surface area contributed by atoms with Crippen molar-refractivity contribution in [2.45, 2.75) is 0 Å². The minimum Gasteiger partial charge on any atom is -0.456 e. The lowest BCUT2D eigenvalue weighted by Gasteiger charge is -2.34. The first-order valence-electron chi connectivity index (χ1n) is 24.0. The van der Waals surface area contributed by atoms with Crippen molar-refractivity contribution in [3.05, 3.63) is 279 Å². The first-order chi connectivity index (χ1) is 34.7. The molecule has 330 valence electrons. The summed E-state index contributed by atoms with van der Waals surface area (Å²) in [7, 11) is -2.63. The third-order valence-electron chi connectivity index (χ3n) is 14.2. The average molecular weight is 911 g/mol. The predicted molar refractivity (Wildman–Crippen MR) is 297 cm³/mol. The maximum Gasteiger partial charge on any atom is 0.179 e. The number of fused-ring (bicyclic) bond motifs is 6. The fourth-order valence-electron chi connectivity index (χ4n) is 10.9. The van der Waals surface area contributed by atoms with Gasteiger partial charge in [0.15, 0.2) is 8.07 Å². The van der Waals surface area contributed by atoms with E-state index in [1.54, 1.807) is 0 Å². The molecule has 4 heteroatoms. The van der Waals surface area contributed by atoms with Crippen LogP contribution >= 0.6 is 0 Å². The zero-order valence-electron chi connectivity index (χ0n) is 38.4. The summed E-state index contributed by atoms with van der Waals surface area (Å²) >= 11 is 0. The minimum absolute atomic E-state index is 0.901. The van der Waals surface area contributed by atoms with Crippen molar-refractivity contribution in [3.63, 3.8) is 0 Å². The Kier molecular flexibility index (Phi) is 10.2. The molecule has 70 heavy (non-hydrogen) atoms. The molecule has 0 unspecified atom stereocenters. The smallest absolute Gasteiger partial charge is 0.179 e. The number of hydrogen-bond donors (Lipinski definition) is 0. The van der Waals surface area contributed by atoms with Gasteiger partial charge >= 0.3 is 0 Å². The van der Waals surface area contributed by atoms with Gasteiger partial charge in [0.2, 0.25) is 0 Å². The first-order valence-corrected chi connectivity index (χ1v) is 26.0. The van der Waals surface area contributed by atoms with E-state index in [1.807, 2.05) is 12.1 Å². The lowest BCUT2D eigenvalue weighted by Crippen LogP contribution is -2.74. The molecule has 0 spiro atoms. The molecule has 13 aromatic rings. The normalized spacial score (nSPS) is 11.7. The summed E-state index contributed by atoms with van der Waals surface area (Å²) in [4.78, 5) is 2.36. The van der Waals surface area contributed by atoms with Crippen LogP contribution in [0.15, 0.2) is 283 Å². The van der Waals surface area contributed by atoms with E-state index < -0.39 is 8.07 Å². The second kappa shape index (κ2) is 17.3. The van der Waals surface area contributed by atoms with E-state index >= 15 is 0 Å². The van der Waals surface area contributed by atoms with Crippen LogP contribution in [0, 0.1) is 0 Å². The molecule has 0 atom stereocenters. The van der Waals surface area contributed by atoms with Gasteiger partial charge in [-0.2, -0.15) is 0 Å². The second-order valence-electron chi connectivity index (χ2n) is 18.0. The van der Waals surface area contributed by atoms with E-state index in [0.717, 1.165) is 55.8 Å². The number of anilines is 3. The molecule has 11 aromatic carbocycles. The molecule has 2 aromatic heterocycles. The molecule has 0 N–H and O–H groups in total. The average Bonchev–Trinajstić information content (AvgIpc) is 3.99. The highest BCUT2D eigenvalue weighted by molar-refractivity contribution is 7.19. The van der Waals surface area contributed by atoms with Crippen LogP contribution in [0.1, 0.15) is 0 Å². The van der Waals surface area contributed by atoms with Gasteiger partial charge < -0.3 is 13.9 Å². The van der Waals surface area contributed by atoms with Crippen LogP contribution < -0.4 is 25.6 Å². The Bertz CT molecular complexity index is 3810. The molecule has 0 saturated heterocycles. The van der Waals surface area contributed by atoms with Crippen LogP contribution in [0.4, 0.5) is 17.1 Å². The molecule has 0 radical (unpaired) electrons. The van der Waals surface area contributed by atoms with Crippen LogP contribution in [0.25, 0.3) is 71.7 Å². The van der Waals surface area contributed by atoms with Crippen LogP contribution in [-0.2, 0) is 0 Å². The van der Waals surface area contributed by atoms with E-state index in [-0.39, 0.29) is 0 Å². The Morgan fingerprint density at radius 3 is 1.17 bits per heavy atom. The molecule has 2 heterocycles. The van der Waals surface area contributed by atoms with Gasteiger partial charge in [0.05, 0.1) is 11.0 Å². The highest BCUT2D eigenvalue weighted by Gasteiger charge is 2.41. The third kappa shape index (κ3) is 6.96. The number of aromatic nitrogens is 1. The molecular weight excluding hydrogens is 865 g/mol. The highest BCUT2D eigenvalue weighted by atomic mass is 28.3. The monoisotopic (exact) mass is 910 g/mol. The van der Waals surface area contributed by atoms with Crippen LogP contribution in [0.3, 0.4) is 0 Å². The van der Waals surface area contributed by atoms with Gasteiger partial charge in [-0.1, -0.05) is 200 Å². The summed E-state index contributed by atoms with van der Waals surface area (Å²) < 4.78 is 8.54. The lowest BCUT2D eigenvalue weighted by molar-refractivity contribution is 0.669. The fraction of sp³-hybridized carbons (Fsp3) is 0. The van der Waals surface area contributed by atoms with Crippen LogP contribution in [0.5, 0.6) is 0 Å². The topological polar surface area (TPSA) is 21.3 Å². The molecule has 0 aliphatic carbocycles. The summed E-state index contributed by atoms with van der Waals surface area (Å²) in [5, 5.41) is 10.2. The van der Waals surface area contributed by atoms with E-state index in [4.69, 9.17) is 4.42 Å². The van der Waals surface area contributed by atoms with E-state index in [9.17, 15) is 0 Å². The van der Waals surface area contributed by atoms with Crippen molar-refractivity contribution in [2.75, 3.05) is 4.90 Å². The van der Waals surface area contributed by atoms with Crippen molar-refractivity contribution in [2.24, 2.45) is 0 Å². The molecule has 0 aliphatic heterocycles. The zero-order chi connectivity index (χ0) is 46.4. The Morgan fingerprint density at radius 1 is 0.286 bits per heavy atom. The van der Waals surface area contributed by atoms with Gasteiger partial charge in [0.25, 0.3) is 0 Å². The van der Waals surface area contributed by atoms with Crippen LogP contribution in [0.2, 0.25) is 0 Å². The van der Waals surface area contributed by atoms with Gasteiger partial charge in [-0.05, 0) is 122 Å². The fourth-order valence-corrected chi connectivity index (χ4v) is 15.6. The maximum atomic E-state index is 6.16. The van der Waals surface area contributed by atoms with E-state index in [1.165, 1.54) is 53.7 Å². The number of benzene rings is 11. The molecule has 0 saturated carbocycles. The minimum atomic E-state index is -2.63. The number of rotatable bonds is 10. The quantitative estimate of drug-likeness (QED) is 0.101. The lowest BCUT2D eigenvalue weighted by atomic mass is 10.0. The number of hydrogen-bond acceptors (Lipinski definition) is 2. The number of nitrogens with zero attached hydrogens (tertiary/aromatic N) is 2. The molecule has 13 rings (SSSR count). The Morgan fingerprint density at radius 2 is 0.657 bits per heavy atom. The largest absolute Gasteiger partial charge is 0.456 e. The van der Waals surface area contributed by atoms with Crippen molar-refractivity contribution in [1.82, 2.24) is 4.57 Å². The molecular formula is C66H46N2OSi. The number of para-hydroxylation sites is 3. The SMILES string of the molecule is c1ccc([Si](c2ccccc2)(c2ccccc2)c2ccc(-c3ccc(N(c4ccc(-c5ccc6oc7ccccc7c6c5)cc4)c4ccc(-n5c6ccccc6c6ccccc65)cc4)cc3)cc2)cc1. The maximum absolute atomic E-state index is 6.16. The standard InChI is InChI=1S/C66H46N2OSi/c1-4-16-55(17-5-1)70(56-18-6-2-7-19-56,57-20-8-3-9-21-57)58-43-32-48(33-44-58)47-28-35-51(36-29-47)67(52-37-30-49(31-38-52)50-34-45-66-62(46-50)61-24-12-15-27-65(61)69-66)53-39-41-54(42-40-53)68-63-25-13-10-22-59(63)60-23-11-14-26-64(60)68/h1-46H. The third-order valence-corrected chi connectivity index (χ3v) is 19.0. The Balaban J connectivity index is 0.881. The highest BCUT2D eigenvalue weighted by Crippen LogP contribution is 2.39. The second-order valence-corrected chi connectivity index (χ2v) is 21.9. The van der Waals surface area contributed by atoms with Crippen molar-refractivity contribution < 1.29 is 4.42 Å². The first kappa shape index (κ1) is 41.2. The van der Waals surface area contributed by atoms with E-state index in [2.05, 4.69) is 276 Å². The molecule has 0 amide bonds. The zero-order valence-corrected chi connectivity index (χ0v) is 39.4. The van der Waals surface area contributed by atoms with E-state index in [0.29, 0.717) is 0 Å².